The smallest absolute Gasteiger partial charge is 0.0726 e. The van der Waals surface area contributed by atoms with Crippen LogP contribution in [-0.4, -0.2) is 0 Å². The molecule has 0 radical (unpaired) electrons. The van der Waals surface area contributed by atoms with Gasteiger partial charge < -0.3 is 9.80 Å². The van der Waals surface area contributed by atoms with Gasteiger partial charge in [-0.1, -0.05) is 361 Å². The van der Waals surface area contributed by atoms with Gasteiger partial charge in [0.05, 0.1) is 10.8 Å². The Balaban J connectivity index is 0.548. The van der Waals surface area contributed by atoms with Crippen LogP contribution in [0.1, 0.15) is 94.5 Å². The lowest BCUT2D eigenvalue weighted by Crippen LogP contribution is -2.26. The first-order valence-corrected chi connectivity index (χ1v) is 45.3. The fourth-order valence-corrected chi connectivity index (χ4v) is 25.3. The molecule has 2 unspecified atom stereocenters. The van der Waals surface area contributed by atoms with Crippen LogP contribution in [0.15, 0.2) is 425 Å². The average Bonchev–Trinajstić information content (AvgIpc) is 1.50. The number of anilines is 6. The van der Waals surface area contributed by atoms with Crippen molar-refractivity contribution in [2.24, 2.45) is 0 Å². The Bertz CT molecular complexity index is 8490. The molecule has 128 heavy (non-hydrogen) atoms. The molecule has 0 aliphatic heterocycles. The monoisotopic (exact) mass is 1620 g/mol. The van der Waals surface area contributed by atoms with Gasteiger partial charge in [0.15, 0.2) is 0 Å². The summed E-state index contributed by atoms with van der Waals surface area (Å²) in [5, 5.41) is 10.4. The van der Waals surface area contributed by atoms with E-state index in [1.54, 1.807) is 0 Å². The molecule has 21 aromatic rings. The second-order valence-electron chi connectivity index (χ2n) is 37.5. The van der Waals surface area contributed by atoms with Crippen LogP contribution in [0.25, 0.3) is 165 Å². The highest BCUT2D eigenvalue weighted by Crippen LogP contribution is 2.69. The molecule has 7 aliphatic carbocycles. The van der Waals surface area contributed by atoms with E-state index in [2.05, 4.69) is 462 Å². The molecule has 0 heterocycles. The van der Waals surface area contributed by atoms with Gasteiger partial charge in [0.2, 0.25) is 0 Å². The van der Waals surface area contributed by atoms with Crippen molar-refractivity contribution in [2.75, 3.05) is 9.80 Å². The lowest BCUT2D eigenvalue weighted by molar-refractivity contribution is 0.660. The molecule has 2 spiro atoms. The maximum atomic E-state index is 2.59. The van der Waals surface area contributed by atoms with Gasteiger partial charge in [-0.3, -0.25) is 0 Å². The van der Waals surface area contributed by atoms with E-state index in [1.807, 2.05) is 0 Å². The predicted molar refractivity (Wildman–Crippen MR) is 534 cm³/mol. The lowest BCUT2D eigenvalue weighted by Gasteiger charge is -2.33. The summed E-state index contributed by atoms with van der Waals surface area (Å²) in [5.41, 5.74) is 48.8. The third kappa shape index (κ3) is 9.40. The van der Waals surface area contributed by atoms with Gasteiger partial charge in [-0.25, -0.2) is 0 Å². The normalized spacial score (nSPS) is 16.0. The third-order valence-corrected chi connectivity index (χ3v) is 30.8. The van der Waals surface area contributed by atoms with Crippen molar-refractivity contribution in [3.63, 3.8) is 0 Å². The highest BCUT2D eigenvalue weighted by Gasteiger charge is 2.55. The van der Waals surface area contributed by atoms with Crippen LogP contribution < -0.4 is 9.80 Å². The fourth-order valence-electron chi connectivity index (χ4n) is 25.3. The molecule has 0 saturated heterocycles. The Labute approximate surface area is 744 Å². The van der Waals surface area contributed by atoms with E-state index >= 15 is 0 Å². The van der Waals surface area contributed by atoms with E-state index in [4.69, 9.17) is 0 Å². The van der Waals surface area contributed by atoms with Crippen LogP contribution in [0.3, 0.4) is 0 Å². The highest BCUT2D eigenvalue weighted by molar-refractivity contribution is 6.27. The molecule has 7 aliphatic rings. The highest BCUT2D eigenvalue weighted by atomic mass is 15.1. The van der Waals surface area contributed by atoms with Crippen LogP contribution in [0.4, 0.5) is 34.1 Å². The van der Waals surface area contributed by atoms with E-state index in [9.17, 15) is 0 Å². The zero-order valence-electron chi connectivity index (χ0n) is 71.3. The summed E-state index contributed by atoms with van der Waals surface area (Å²) in [6.45, 7) is 9.69. The van der Waals surface area contributed by atoms with E-state index in [0.717, 1.165) is 39.7 Å². The second-order valence-corrected chi connectivity index (χ2v) is 37.5. The lowest BCUT2D eigenvalue weighted by atomic mass is 9.70. The summed E-state index contributed by atoms with van der Waals surface area (Å²) in [6.07, 6.45) is 0. The largest absolute Gasteiger partial charge is 0.310 e. The molecule has 2 atom stereocenters. The number of hydrogen-bond donors (Lipinski definition) is 0. The van der Waals surface area contributed by atoms with Gasteiger partial charge in [-0.15, -0.1) is 0 Å². The molecule has 0 amide bonds. The van der Waals surface area contributed by atoms with E-state index < -0.39 is 10.8 Å². The molecular formula is C126H82N2. The van der Waals surface area contributed by atoms with Crippen molar-refractivity contribution in [1.29, 1.82) is 0 Å². The van der Waals surface area contributed by atoms with Crippen molar-refractivity contribution in [3.8, 4) is 122 Å². The Morgan fingerprint density at radius 2 is 0.477 bits per heavy atom. The summed E-state index contributed by atoms with van der Waals surface area (Å²) in [7, 11) is 0. The van der Waals surface area contributed by atoms with Gasteiger partial charge in [-0.2, -0.15) is 0 Å². The standard InChI is InChI=1S/C126H82N2/c1-123(2)109-43-19-14-34-93(109)97-64-60-82(68-114(97)123)127(84-61-65-98-94-35-15-20-44-110(94)125(116(98)70-84)112-46-22-17-37-96(112)107-72-105-90-31-11-8-28-87(90)88-29-9-12-32-91(88)106(105)73-118(107)125)81-58-54-78(55-59-81)76-48-50-79(51-49-76)86-39-24-41-102-100-67-63-83(69-115(100)124(3,4)122(86)102)128(80-56-52-77(53-57-80)75-26-6-5-7-27-75)85-62-66-99-95-36-16-21-45-111(95)126(117(99)71-85)113-47-23-18-38-103(113)121-104-42-25-40-101-89-30-10-13-33-92(89)108(120(101)104)74-119(121)126/h5-74H,1-4H3. The Kier molecular flexibility index (Phi) is 14.5. The number of fused-ring (bicyclic) bond motifs is 36. The summed E-state index contributed by atoms with van der Waals surface area (Å²) < 4.78 is 0. The molecule has 0 saturated carbocycles. The van der Waals surface area contributed by atoms with Gasteiger partial charge >= 0.3 is 0 Å². The topological polar surface area (TPSA) is 6.48 Å². The van der Waals surface area contributed by atoms with Gasteiger partial charge in [-0.05, 0) is 323 Å². The first-order chi connectivity index (χ1) is 63.0. The molecule has 21 aromatic carbocycles. The Morgan fingerprint density at radius 3 is 1.02 bits per heavy atom. The van der Waals surface area contributed by atoms with Gasteiger partial charge in [0, 0.05) is 45.0 Å². The summed E-state index contributed by atoms with van der Waals surface area (Å²) >= 11 is 0. The van der Waals surface area contributed by atoms with Crippen LogP contribution in [0, 0.1) is 0 Å². The maximum Gasteiger partial charge on any atom is 0.0726 e. The minimum atomic E-state index is -0.602. The van der Waals surface area contributed by atoms with Crippen molar-refractivity contribution in [1.82, 2.24) is 0 Å². The van der Waals surface area contributed by atoms with Crippen molar-refractivity contribution in [3.05, 3.63) is 491 Å². The van der Waals surface area contributed by atoms with E-state index in [0.29, 0.717) is 0 Å². The minimum Gasteiger partial charge on any atom is -0.310 e. The van der Waals surface area contributed by atoms with E-state index in [-0.39, 0.29) is 10.8 Å². The fraction of sp³-hybridized carbons (Fsp3) is 0.0635. The van der Waals surface area contributed by atoms with Crippen molar-refractivity contribution in [2.45, 2.75) is 49.4 Å². The quantitative estimate of drug-likeness (QED) is 0.133. The molecule has 0 N–H and O–H groups in total. The molecule has 2 nitrogen and oxygen atoms in total. The second kappa shape index (κ2) is 26.0. The first-order valence-electron chi connectivity index (χ1n) is 45.3. The van der Waals surface area contributed by atoms with E-state index in [1.165, 1.54) is 227 Å². The zero-order chi connectivity index (χ0) is 84.4. The Morgan fingerprint density at radius 1 is 0.156 bits per heavy atom. The predicted octanol–water partition coefficient (Wildman–Crippen LogP) is 33.2. The molecule has 0 aromatic heterocycles. The SMILES string of the molecule is CC1(C)c2ccccc2-c2ccc(N(c3ccc(-c4ccc(-c5cccc6c5C(C)(C)c5cc(N(c7ccc(-c8ccccc8)cc7)c7ccc8c(c7)C7(c9ccccc9-8)c8ccccc8-c8c7cc7c9c(cccc89)-c8ccccc8-7)ccc5-6)cc4)cc3)c3ccc4c(c3)C3(c5ccccc5-4)c4ccccc4-c4cc5c6ccccc6c6ccccc6c5cc43)cc21. The van der Waals surface area contributed by atoms with Crippen LogP contribution in [-0.2, 0) is 21.7 Å². The summed E-state index contributed by atoms with van der Waals surface area (Å²) in [5.74, 6) is 0. The van der Waals surface area contributed by atoms with Crippen molar-refractivity contribution >= 4 is 77.2 Å². The van der Waals surface area contributed by atoms with Crippen LogP contribution in [0.5, 0.6) is 0 Å². The number of nitrogens with zero attached hydrogens (tertiary/aromatic N) is 2. The molecule has 0 bridgehead atoms. The molecule has 0 fully saturated rings. The number of benzene rings is 21. The first kappa shape index (κ1) is 71.7. The van der Waals surface area contributed by atoms with Crippen LogP contribution >= 0.6 is 0 Å². The van der Waals surface area contributed by atoms with Crippen LogP contribution in [0.2, 0.25) is 0 Å². The molecule has 596 valence electrons. The summed E-state index contributed by atoms with van der Waals surface area (Å²) in [6, 6.07) is 163. The number of hydrogen-bond acceptors (Lipinski definition) is 2. The average molecular weight is 1620 g/mol. The summed E-state index contributed by atoms with van der Waals surface area (Å²) in [4.78, 5) is 5.06. The van der Waals surface area contributed by atoms with Crippen molar-refractivity contribution < 1.29 is 0 Å². The zero-order valence-corrected chi connectivity index (χ0v) is 71.3. The Hall–Kier alpha value is -15.7. The van der Waals surface area contributed by atoms with Gasteiger partial charge in [0.1, 0.15) is 0 Å². The number of rotatable bonds is 9. The molecule has 2 heteroatoms. The third-order valence-electron chi connectivity index (χ3n) is 30.8. The maximum absolute atomic E-state index is 2.59. The molecular weight excluding hydrogens is 1540 g/mol. The van der Waals surface area contributed by atoms with Gasteiger partial charge in [0.25, 0.3) is 0 Å². The molecule has 28 rings (SSSR count). The minimum absolute atomic E-state index is 0.208.